The van der Waals surface area contributed by atoms with E-state index in [2.05, 4.69) is 6.58 Å². The van der Waals surface area contributed by atoms with E-state index >= 15 is 0 Å². The molecule has 0 aliphatic heterocycles. The molecule has 1 fully saturated rings. The average Bonchev–Trinajstić information content (AvgIpc) is 2.65. The first kappa shape index (κ1) is 8.31. The second kappa shape index (κ2) is 2.68. The largest absolute Gasteiger partial charge is 0.466 e. The zero-order valence-electron chi connectivity index (χ0n) is 7.09. The molecule has 2 unspecified atom stereocenters. The highest BCUT2D eigenvalue weighted by molar-refractivity contribution is 5.77. The summed E-state index contributed by atoms with van der Waals surface area (Å²) in [5, 5.41) is 0. The van der Waals surface area contributed by atoms with Gasteiger partial charge < -0.3 is 4.74 Å². The van der Waals surface area contributed by atoms with E-state index in [0.29, 0.717) is 6.61 Å². The SMILES string of the molecule is C=CC1(C)CC1C(=O)OCC. The topological polar surface area (TPSA) is 26.3 Å². The molecule has 11 heavy (non-hydrogen) atoms. The van der Waals surface area contributed by atoms with Gasteiger partial charge in [0.05, 0.1) is 12.5 Å². The minimum Gasteiger partial charge on any atom is -0.466 e. The Morgan fingerprint density at radius 3 is 2.91 bits per heavy atom. The van der Waals surface area contributed by atoms with Gasteiger partial charge in [0.2, 0.25) is 0 Å². The summed E-state index contributed by atoms with van der Waals surface area (Å²) in [6.45, 7) is 8.01. The Kier molecular flexibility index (Phi) is 2.03. The predicted molar refractivity (Wildman–Crippen MR) is 43.0 cm³/mol. The summed E-state index contributed by atoms with van der Waals surface area (Å²) in [5.74, 6) is -0.00477. The Labute approximate surface area is 67.2 Å². The van der Waals surface area contributed by atoms with Gasteiger partial charge in [0.25, 0.3) is 0 Å². The maximum absolute atomic E-state index is 11.1. The summed E-state index contributed by atoms with van der Waals surface area (Å²) in [6, 6.07) is 0. The van der Waals surface area contributed by atoms with Gasteiger partial charge in [-0.2, -0.15) is 0 Å². The summed E-state index contributed by atoms with van der Waals surface area (Å²) >= 11 is 0. The molecule has 0 aromatic carbocycles. The van der Waals surface area contributed by atoms with Crippen molar-refractivity contribution in [3.05, 3.63) is 12.7 Å². The van der Waals surface area contributed by atoms with Crippen LogP contribution in [0.2, 0.25) is 0 Å². The number of hydrogen-bond donors (Lipinski definition) is 0. The van der Waals surface area contributed by atoms with Crippen molar-refractivity contribution >= 4 is 5.97 Å². The van der Waals surface area contributed by atoms with Crippen LogP contribution < -0.4 is 0 Å². The zero-order valence-corrected chi connectivity index (χ0v) is 7.09. The molecule has 1 rings (SSSR count). The quantitative estimate of drug-likeness (QED) is 0.457. The minimum atomic E-state index is -0.0742. The maximum atomic E-state index is 11.1. The average molecular weight is 154 g/mol. The lowest BCUT2D eigenvalue weighted by atomic mass is 10.1. The van der Waals surface area contributed by atoms with Gasteiger partial charge in [-0.1, -0.05) is 13.0 Å². The van der Waals surface area contributed by atoms with Gasteiger partial charge in [-0.15, -0.1) is 6.58 Å². The second-order valence-electron chi connectivity index (χ2n) is 3.22. The van der Waals surface area contributed by atoms with E-state index in [-0.39, 0.29) is 17.3 Å². The fourth-order valence-electron chi connectivity index (χ4n) is 1.20. The Balaban J connectivity index is 2.42. The van der Waals surface area contributed by atoms with Gasteiger partial charge in [-0.25, -0.2) is 0 Å². The van der Waals surface area contributed by atoms with Crippen molar-refractivity contribution in [3.8, 4) is 0 Å². The number of esters is 1. The molecule has 0 N–H and O–H groups in total. The molecule has 0 saturated heterocycles. The normalized spacial score (nSPS) is 34.5. The number of ether oxygens (including phenoxy) is 1. The third-order valence-electron chi connectivity index (χ3n) is 2.32. The molecule has 1 saturated carbocycles. The van der Waals surface area contributed by atoms with E-state index in [1.165, 1.54) is 0 Å². The summed E-state index contributed by atoms with van der Waals surface area (Å²) in [4.78, 5) is 11.1. The fourth-order valence-corrected chi connectivity index (χ4v) is 1.20. The van der Waals surface area contributed by atoms with Crippen molar-refractivity contribution in [2.75, 3.05) is 6.61 Å². The molecule has 0 aromatic heterocycles. The summed E-state index contributed by atoms with van der Waals surface area (Å²) in [5.41, 5.74) is 0.0201. The smallest absolute Gasteiger partial charge is 0.309 e. The molecule has 2 heteroatoms. The molecule has 0 aromatic rings. The Hall–Kier alpha value is -0.790. The van der Waals surface area contributed by atoms with Gasteiger partial charge in [0.15, 0.2) is 0 Å². The van der Waals surface area contributed by atoms with Crippen LogP contribution in [0.15, 0.2) is 12.7 Å². The van der Waals surface area contributed by atoms with E-state index in [0.717, 1.165) is 6.42 Å². The standard InChI is InChI=1S/C9H14O2/c1-4-9(3)6-7(9)8(10)11-5-2/h4,7H,1,5-6H2,2-3H3. The van der Waals surface area contributed by atoms with Crippen molar-refractivity contribution in [1.29, 1.82) is 0 Å². The molecule has 1 aliphatic rings. The summed E-state index contributed by atoms with van der Waals surface area (Å²) in [7, 11) is 0. The molecular weight excluding hydrogens is 140 g/mol. The van der Waals surface area contributed by atoms with Crippen LogP contribution in [0.25, 0.3) is 0 Å². The van der Waals surface area contributed by atoms with Crippen LogP contribution in [-0.2, 0) is 9.53 Å². The van der Waals surface area contributed by atoms with E-state index < -0.39 is 0 Å². The Morgan fingerprint density at radius 1 is 1.91 bits per heavy atom. The van der Waals surface area contributed by atoms with E-state index in [4.69, 9.17) is 4.74 Å². The molecule has 1 aliphatic carbocycles. The number of hydrogen-bond acceptors (Lipinski definition) is 2. The highest BCUT2D eigenvalue weighted by Gasteiger charge is 2.53. The van der Waals surface area contributed by atoms with Crippen LogP contribution in [0.5, 0.6) is 0 Å². The number of allylic oxidation sites excluding steroid dienone is 1. The maximum Gasteiger partial charge on any atom is 0.309 e. The summed E-state index contributed by atoms with van der Waals surface area (Å²) < 4.78 is 4.88. The number of carbonyl (C=O) groups excluding carboxylic acids is 1. The Morgan fingerprint density at radius 2 is 2.55 bits per heavy atom. The van der Waals surface area contributed by atoms with Gasteiger partial charge in [-0.05, 0) is 18.8 Å². The van der Waals surface area contributed by atoms with Crippen LogP contribution in [0.3, 0.4) is 0 Å². The molecule has 0 spiro atoms. The van der Waals surface area contributed by atoms with Crippen LogP contribution >= 0.6 is 0 Å². The fraction of sp³-hybridized carbons (Fsp3) is 0.667. The molecule has 2 atom stereocenters. The molecule has 0 heterocycles. The van der Waals surface area contributed by atoms with Crippen molar-refractivity contribution in [2.24, 2.45) is 11.3 Å². The van der Waals surface area contributed by atoms with Crippen LogP contribution in [-0.4, -0.2) is 12.6 Å². The van der Waals surface area contributed by atoms with Gasteiger partial charge in [0.1, 0.15) is 0 Å². The lowest BCUT2D eigenvalue weighted by Crippen LogP contribution is -2.10. The van der Waals surface area contributed by atoms with Crippen LogP contribution in [0, 0.1) is 11.3 Å². The first-order valence-corrected chi connectivity index (χ1v) is 3.94. The van der Waals surface area contributed by atoms with E-state index in [1.54, 1.807) is 0 Å². The molecular formula is C9H14O2. The predicted octanol–water partition coefficient (Wildman–Crippen LogP) is 1.76. The van der Waals surface area contributed by atoms with Crippen molar-refractivity contribution in [3.63, 3.8) is 0 Å². The molecule has 0 radical (unpaired) electrons. The molecule has 62 valence electrons. The van der Waals surface area contributed by atoms with Gasteiger partial charge >= 0.3 is 5.97 Å². The first-order valence-electron chi connectivity index (χ1n) is 3.94. The zero-order chi connectivity index (χ0) is 8.48. The molecule has 2 nitrogen and oxygen atoms in total. The van der Waals surface area contributed by atoms with E-state index in [1.807, 2.05) is 19.9 Å². The minimum absolute atomic E-state index is 0.0201. The monoisotopic (exact) mass is 154 g/mol. The third-order valence-corrected chi connectivity index (χ3v) is 2.32. The summed E-state index contributed by atoms with van der Waals surface area (Å²) in [6.07, 6.45) is 2.74. The van der Waals surface area contributed by atoms with Crippen LogP contribution in [0.1, 0.15) is 20.3 Å². The van der Waals surface area contributed by atoms with Gasteiger partial charge in [-0.3, -0.25) is 4.79 Å². The molecule has 0 bridgehead atoms. The third kappa shape index (κ3) is 1.44. The van der Waals surface area contributed by atoms with Crippen molar-refractivity contribution in [2.45, 2.75) is 20.3 Å². The van der Waals surface area contributed by atoms with Gasteiger partial charge in [0, 0.05) is 0 Å². The highest BCUT2D eigenvalue weighted by atomic mass is 16.5. The van der Waals surface area contributed by atoms with E-state index in [9.17, 15) is 4.79 Å². The second-order valence-corrected chi connectivity index (χ2v) is 3.22. The molecule has 0 amide bonds. The number of carbonyl (C=O) groups is 1. The lowest BCUT2D eigenvalue weighted by molar-refractivity contribution is -0.145. The van der Waals surface area contributed by atoms with Crippen molar-refractivity contribution in [1.82, 2.24) is 0 Å². The highest BCUT2D eigenvalue weighted by Crippen LogP contribution is 2.53. The van der Waals surface area contributed by atoms with Crippen molar-refractivity contribution < 1.29 is 9.53 Å². The Bertz CT molecular complexity index is 186. The number of rotatable bonds is 3. The first-order chi connectivity index (χ1) is 5.14. The van der Waals surface area contributed by atoms with Crippen LogP contribution in [0.4, 0.5) is 0 Å². The lowest BCUT2D eigenvalue weighted by Gasteiger charge is -2.03.